The zero-order valence-corrected chi connectivity index (χ0v) is 40.4. The van der Waals surface area contributed by atoms with Crippen LogP contribution in [0.4, 0.5) is 0 Å². The van der Waals surface area contributed by atoms with Crippen molar-refractivity contribution in [2.24, 2.45) is 0 Å². The molecule has 0 saturated heterocycles. The molecule has 0 saturated carbocycles. The molecule has 59 heavy (non-hydrogen) atoms. The summed E-state index contributed by atoms with van der Waals surface area (Å²) < 4.78 is 34.4. The number of hydrogen-bond donors (Lipinski definition) is 1. The van der Waals surface area contributed by atoms with Crippen LogP contribution >= 0.6 is 7.82 Å². The lowest BCUT2D eigenvalue weighted by Gasteiger charge is -2.24. The number of rotatable bonds is 46. The normalized spacial score (nSPS) is 13.5. The molecule has 350 valence electrons. The van der Waals surface area contributed by atoms with Crippen molar-refractivity contribution in [2.75, 3.05) is 47.5 Å². The van der Waals surface area contributed by atoms with Crippen molar-refractivity contribution in [3.8, 4) is 0 Å². The van der Waals surface area contributed by atoms with Crippen molar-refractivity contribution < 1.29 is 42.1 Å². The van der Waals surface area contributed by atoms with Gasteiger partial charge < -0.3 is 18.9 Å². The van der Waals surface area contributed by atoms with Crippen LogP contribution in [0.2, 0.25) is 0 Å². The lowest BCUT2D eigenvalue weighted by Crippen LogP contribution is -2.37. The van der Waals surface area contributed by atoms with Crippen molar-refractivity contribution in [3.63, 3.8) is 0 Å². The SMILES string of the molecule is CCCCC/C=C/CCCCCCCC(=O)O[C@@H](COC(=O)CCCCCCCCCCCCCCCCCCCCCCCCC)COP(=O)(O)OCC[N+](C)(C)C. The second-order valence-corrected chi connectivity index (χ2v) is 19.7. The number of esters is 2. The van der Waals surface area contributed by atoms with E-state index in [4.69, 9.17) is 18.5 Å². The summed E-state index contributed by atoms with van der Waals surface area (Å²) in [5.74, 6) is -0.796. The third-order valence-corrected chi connectivity index (χ3v) is 12.0. The number of quaternary nitrogens is 1. The first-order valence-corrected chi connectivity index (χ1v) is 26.4. The standard InChI is InChI=1S/C49H96NO8P/c1-6-8-10-12-14-16-18-20-21-22-23-24-25-26-27-28-29-30-32-33-35-37-39-41-48(51)55-45-47(46-57-59(53,54)56-44-43-50(3,4)5)58-49(52)42-40-38-36-34-31-19-17-15-13-11-9-7-2/h15,17,47H,6-14,16,18-46H2,1-5H3/p+1/b17-15+/t47-/m0/s1. The molecule has 0 spiro atoms. The van der Waals surface area contributed by atoms with Crippen LogP contribution in [0.25, 0.3) is 0 Å². The molecule has 0 bridgehead atoms. The number of phosphoric acid groups is 1. The van der Waals surface area contributed by atoms with Crippen LogP contribution in [0, 0.1) is 0 Å². The summed E-state index contributed by atoms with van der Waals surface area (Å²) in [6.07, 6.45) is 45.6. The first-order valence-electron chi connectivity index (χ1n) is 24.9. The van der Waals surface area contributed by atoms with E-state index in [2.05, 4.69) is 26.0 Å². The molecule has 1 N–H and O–H groups in total. The van der Waals surface area contributed by atoms with E-state index in [0.29, 0.717) is 23.9 Å². The average Bonchev–Trinajstić information content (AvgIpc) is 3.19. The maximum atomic E-state index is 12.7. The van der Waals surface area contributed by atoms with Crippen LogP contribution in [0.1, 0.15) is 239 Å². The van der Waals surface area contributed by atoms with Crippen molar-refractivity contribution in [2.45, 2.75) is 245 Å². The fraction of sp³-hybridized carbons (Fsp3) is 0.918. The quantitative estimate of drug-likeness (QED) is 0.0212. The monoisotopic (exact) mass is 859 g/mol. The Bertz CT molecular complexity index is 1020. The molecule has 0 radical (unpaired) electrons. The van der Waals surface area contributed by atoms with Gasteiger partial charge in [0.05, 0.1) is 27.7 Å². The first kappa shape index (κ1) is 57.8. The minimum Gasteiger partial charge on any atom is -0.462 e. The molecule has 0 aliphatic rings. The Balaban J connectivity index is 4.14. The lowest BCUT2D eigenvalue weighted by atomic mass is 10.0. The second-order valence-electron chi connectivity index (χ2n) is 18.2. The topological polar surface area (TPSA) is 108 Å². The lowest BCUT2D eigenvalue weighted by molar-refractivity contribution is -0.870. The van der Waals surface area contributed by atoms with Crippen molar-refractivity contribution >= 4 is 19.8 Å². The highest BCUT2D eigenvalue weighted by molar-refractivity contribution is 7.47. The van der Waals surface area contributed by atoms with E-state index in [1.807, 2.05) is 21.1 Å². The number of allylic oxidation sites excluding steroid dienone is 2. The van der Waals surface area contributed by atoms with Crippen LogP contribution in [-0.4, -0.2) is 74.9 Å². The van der Waals surface area contributed by atoms with Crippen LogP contribution < -0.4 is 0 Å². The minimum atomic E-state index is -4.37. The molecule has 0 aromatic rings. The van der Waals surface area contributed by atoms with Crippen molar-refractivity contribution in [1.29, 1.82) is 0 Å². The number of nitrogens with zero attached hydrogens (tertiary/aromatic N) is 1. The molecule has 0 rings (SSSR count). The zero-order valence-electron chi connectivity index (χ0n) is 39.5. The fourth-order valence-corrected chi connectivity index (χ4v) is 7.87. The molecule has 2 atom stereocenters. The van der Waals surface area contributed by atoms with E-state index in [1.165, 1.54) is 154 Å². The number of unbranched alkanes of at least 4 members (excludes halogenated alkanes) is 30. The zero-order chi connectivity index (χ0) is 43.6. The molecule has 9 nitrogen and oxygen atoms in total. The summed E-state index contributed by atoms with van der Waals surface area (Å²) in [6.45, 7) is 4.43. The molecule has 0 fully saturated rings. The molecular formula is C49H97NO8P+. The van der Waals surface area contributed by atoms with E-state index in [9.17, 15) is 19.0 Å². The van der Waals surface area contributed by atoms with Gasteiger partial charge in [-0.2, -0.15) is 0 Å². The average molecular weight is 859 g/mol. The van der Waals surface area contributed by atoms with E-state index in [0.717, 1.165) is 51.4 Å². The second kappa shape index (κ2) is 42.1. The number of hydrogen-bond acceptors (Lipinski definition) is 7. The predicted molar refractivity (Wildman–Crippen MR) is 248 cm³/mol. The minimum absolute atomic E-state index is 0.0333. The Labute approximate surface area is 365 Å². The third-order valence-electron chi connectivity index (χ3n) is 11.0. The molecule has 10 heteroatoms. The first-order chi connectivity index (χ1) is 28.5. The van der Waals surface area contributed by atoms with Gasteiger partial charge in [0.2, 0.25) is 0 Å². The van der Waals surface area contributed by atoms with Gasteiger partial charge in [0.1, 0.15) is 19.8 Å². The van der Waals surface area contributed by atoms with E-state index >= 15 is 0 Å². The summed E-state index contributed by atoms with van der Waals surface area (Å²) >= 11 is 0. The Hall–Kier alpha value is -1.25. The summed E-state index contributed by atoms with van der Waals surface area (Å²) in [5, 5.41) is 0. The predicted octanol–water partition coefficient (Wildman–Crippen LogP) is 14.5. The summed E-state index contributed by atoms with van der Waals surface area (Å²) in [6, 6.07) is 0. The maximum Gasteiger partial charge on any atom is 0.472 e. The summed E-state index contributed by atoms with van der Waals surface area (Å²) in [5.41, 5.74) is 0. The number of carbonyl (C=O) groups is 2. The highest BCUT2D eigenvalue weighted by Gasteiger charge is 2.27. The number of ether oxygens (including phenoxy) is 2. The van der Waals surface area contributed by atoms with Crippen LogP contribution in [-0.2, 0) is 32.7 Å². The Morgan fingerprint density at radius 3 is 1.29 bits per heavy atom. The van der Waals surface area contributed by atoms with Crippen LogP contribution in [0.15, 0.2) is 12.2 Å². The van der Waals surface area contributed by atoms with Crippen molar-refractivity contribution in [3.05, 3.63) is 12.2 Å². The van der Waals surface area contributed by atoms with Crippen molar-refractivity contribution in [1.82, 2.24) is 0 Å². The third kappa shape index (κ3) is 46.1. The van der Waals surface area contributed by atoms with Gasteiger partial charge in [-0.05, 0) is 38.5 Å². The van der Waals surface area contributed by atoms with E-state index < -0.39 is 26.5 Å². The molecule has 0 aromatic heterocycles. The number of likely N-dealkylation sites (N-methyl/N-ethyl adjacent to an activating group) is 1. The maximum absolute atomic E-state index is 12.7. The fourth-order valence-electron chi connectivity index (χ4n) is 7.13. The van der Waals surface area contributed by atoms with Crippen LogP contribution in [0.3, 0.4) is 0 Å². The van der Waals surface area contributed by atoms with Gasteiger partial charge in [0.25, 0.3) is 0 Å². The van der Waals surface area contributed by atoms with Crippen LogP contribution in [0.5, 0.6) is 0 Å². The Morgan fingerprint density at radius 2 is 0.864 bits per heavy atom. The van der Waals surface area contributed by atoms with Gasteiger partial charge in [-0.1, -0.05) is 199 Å². The van der Waals surface area contributed by atoms with E-state index in [1.54, 1.807) is 0 Å². The van der Waals surface area contributed by atoms with Gasteiger partial charge in [-0.3, -0.25) is 18.6 Å². The van der Waals surface area contributed by atoms with Gasteiger partial charge in [-0.15, -0.1) is 0 Å². The molecule has 1 unspecified atom stereocenters. The van der Waals surface area contributed by atoms with E-state index in [-0.39, 0.29) is 25.6 Å². The molecular weight excluding hydrogens is 762 g/mol. The van der Waals surface area contributed by atoms with Gasteiger partial charge in [0, 0.05) is 12.8 Å². The van der Waals surface area contributed by atoms with Gasteiger partial charge >= 0.3 is 19.8 Å². The Kier molecular flexibility index (Phi) is 41.2. The largest absolute Gasteiger partial charge is 0.472 e. The summed E-state index contributed by atoms with van der Waals surface area (Å²) in [4.78, 5) is 35.4. The molecule has 0 amide bonds. The molecule has 0 aliphatic carbocycles. The Morgan fingerprint density at radius 1 is 0.508 bits per heavy atom. The highest BCUT2D eigenvalue weighted by Crippen LogP contribution is 2.43. The van der Waals surface area contributed by atoms with Gasteiger partial charge in [0.15, 0.2) is 6.10 Å². The highest BCUT2D eigenvalue weighted by atomic mass is 31.2. The molecule has 0 aromatic carbocycles. The number of phosphoric ester groups is 1. The molecule has 0 heterocycles. The number of carbonyl (C=O) groups excluding carboxylic acids is 2. The van der Waals surface area contributed by atoms with Gasteiger partial charge in [-0.25, -0.2) is 4.57 Å². The smallest absolute Gasteiger partial charge is 0.462 e. The summed E-state index contributed by atoms with van der Waals surface area (Å²) in [7, 11) is 1.48. The molecule has 0 aliphatic heterocycles.